The minimum absolute atomic E-state index is 0.110. The lowest BCUT2D eigenvalue weighted by Gasteiger charge is -2.26. The molecule has 2 rings (SSSR count). The van der Waals surface area contributed by atoms with E-state index in [9.17, 15) is 18.8 Å². The summed E-state index contributed by atoms with van der Waals surface area (Å²) < 4.78 is 19.1. The van der Waals surface area contributed by atoms with E-state index in [1.165, 1.54) is 0 Å². The average Bonchev–Trinajstić information content (AvgIpc) is 3.41. The Morgan fingerprint density at radius 1 is 1.05 bits per heavy atom. The van der Waals surface area contributed by atoms with Crippen molar-refractivity contribution in [3.05, 3.63) is 53.5 Å². The molecule has 1 aromatic carbocycles. The number of nitrogens with one attached hydrogen (secondary N) is 4. The number of anilines is 1. The van der Waals surface area contributed by atoms with Crippen LogP contribution in [0.2, 0.25) is 0 Å². The molecule has 0 unspecified atom stereocenters. The maximum atomic E-state index is 13.8. The number of hydrogen-bond acceptors (Lipinski definition) is 6. The summed E-state index contributed by atoms with van der Waals surface area (Å²) in [5, 5.41) is 11.3. The zero-order valence-electron chi connectivity index (χ0n) is 24.6. The highest BCUT2D eigenvalue weighted by Crippen LogP contribution is 2.32. The van der Waals surface area contributed by atoms with Crippen LogP contribution in [0.5, 0.6) is 0 Å². The number of allylic oxidation sites excluding steroid dienone is 2. The normalized spacial score (nSPS) is 16.3. The first kappa shape index (κ1) is 32.8. The number of ether oxygens (including phenoxy) is 1. The van der Waals surface area contributed by atoms with Crippen molar-refractivity contribution in [2.75, 3.05) is 11.9 Å². The molecule has 1 aromatic rings. The molecule has 222 valence electrons. The van der Waals surface area contributed by atoms with E-state index in [1.54, 1.807) is 59.8 Å². The van der Waals surface area contributed by atoms with E-state index >= 15 is 0 Å². The lowest BCUT2D eigenvalue weighted by atomic mass is 9.97. The largest absolute Gasteiger partial charge is 0.444 e. The van der Waals surface area contributed by atoms with Gasteiger partial charge in [-0.05, 0) is 81.7 Å². The number of benzene rings is 1. The van der Waals surface area contributed by atoms with Gasteiger partial charge in [-0.1, -0.05) is 38.8 Å². The van der Waals surface area contributed by atoms with Gasteiger partial charge < -0.3 is 31.7 Å². The molecule has 0 heterocycles. The topological polar surface area (TPSA) is 135 Å². The van der Waals surface area contributed by atoms with Crippen LogP contribution in [0.25, 0.3) is 0 Å². The van der Waals surface area contributed by atoms with Crippen molar-refractivity contribution in [1.29, 1.82) is 0 Å². The predicted octanol–water partition coefficient (Wildman–Crippen LogP) is 4.65. The number of nitrogens with two attached hydrogens (primary N) is 1. The van der Waals surface area contributed by atoms with Gasteiger partial charge >= 0.3 is 6.09 Å². The van der Waals surface area contributed by atoms with Gasteiger partial charge in [-0.25, -0.2) is 9.18 Å². The Kier molecular flexibility index (Phi) is 12.6. The van der Waals surface area contributed by atoms with Crippen molar-refractivity contribution in [3.63, 3.8) is 0 Å². The fourth-order valence-corrected chi connectivity index (χ4v) is 4.36. The van der Waals surface area contributed by atoms with E-state index in [-0.39, 0.29) is 18.3 Å². The molecule has 3 amide bonds. The standard InChI is InChI=1S/C30H46FN5O4/c1-19(2)26(36-29(39)40-30(4,5)6)28(38)34-20(3)27(37)35-25-13-11-21(12-14-25)17-33-18-23(15-24(31)16-32)22-9-7-8-10-22/h11-15,18-20,22,26,33H,7-10,16-17,32H2,1-6H3,(H,34,38)(H,35,37)(H,36,39)/b23-18+,24-15+/t20-,26-/m0/s1. The van der Waals surface area contributed by atoms with Crippen LogP contribution in [-0.4, -0.2) is 42.1 Å². The van der Waals surface area contributed by atoms with Crippen LogP contribution < -0.4 is 27.0 Å². The van der Waals surface area contributed by atoms with Crippen molar-refractivity contribution in [2.24, 2.45) is 17.6 Å². The van der Waals surface area contributed by atoms with Gasteiger partial charge in [-0.2, -0.15) is 0 Å². The first-order chi connectivity index (χ1) is 18.8. The SMILES string of the molecule is CC(C)[C@H](NC(=O)OC(C)(C)C)C(=O)N[C@@H](C)C(=O)Nc1ccc(CN/C=C(\C=C(\F)CN)C2CCCC2)cc1. The molecule has 9 nitrogen and oxygen atoms in total. The molecule has 0 bridgehead atoms. The van der Waals surface area contributed by atoms with E-state index in [0.29, 0.717) is 18.2 Å². The number of carbonyl (C=O) groups is 3. The Hall–Kier alpha value is -3.40. The van der Waals surface area contributed by atoms with Crippen molar-refractivity contribution in [2.45, 2.75) is 91.5 Å². The maximum Gasteiger partial charge on any atom is 0.408 e. The van der Waals surface area contributed by atoms with Gasteiger partial charge in [0.25, 0.3) is 0 Å². The molecule has 2 atom stereocenters. The lowest BCUT2D eigenvalue weighted by Crippen LogP contribution is -2.54. The highest BCUT2D eigenvalue weighted by atomic mass is 19.1. The van der Waals surface area contributed by atoms with Gasteiger partial charge in [0, 0.05) is 25.0 Å². The second-order valence-electron chi connectivity index (χ2n) is 11.6. The van der Waals surface area contributed by atoms with Crippen LogP contribution in [0, 0.1) is 11.8 Å². The maximum absolute atomic E-state index is 13.8. The summed E-state index contributed by atoms with van der Waals surface area (Å²) in [6.45, 7) is 10.8. The van der Waals surface area contributed by atoms with Crippen LogP contribution in [0.15, 0.2) is 47.9 Å². The molecule has 10 heteroatoms. The monoisotopic (exact) mass is 559 g/mol. The number of hydrogen-bond donors (Lipinski definition) is 5. The summed E-state index contributed by atoms with van der Waals surface area (Å²) in [6, 6.07) is 5.62. The van der Waals surface area contributed by atoms with E-state index in [0.717, 1.165) is 36.8 Å². The van der Waals surface area contributed by atoms with E-state index in [4.69, 9.17) is 10.5 Å². The van der Waals surface area contributed by atoms with Crippen LogP contribution in [0.1, 0.15) is 72.8 Å². The zero-order chi connectivity index (χ0) is 29.9. The van der Waals surface area contributed by atoms with Crippen molar-refractivity contribution < 1.29 is 23.5 Å². The summed E-state index contributed by atoms with van der Waals surface area (Å²) in [4.78, 5) is 37.7. The summed E-state index contributed by atoms with van der Waals surface area (Å²) >= 11 is 0. The summed E-state index contributed by atoms with van der Waals surface area (Å²) in [5.74, 6) is -1.07. The number of rotatable bonds is 12. The highest BCUT2D eigenvalue weighted by Gasteiger charge is 2.29. The Morgan fingerprint density at radius 2 is 1.68 bits per heavy atom. The summed E-state index contributed by atoms with van der Waals surface area (Å²) in [7, 11) is 0. The van der Waals surface area contributed by atoms with Crippen molar-refractivity contribution in [1.82, 2.24) is 16.0 Å². The summed E-state index contributed by atoms with van der Waals surface area (Å²) in [5.41, 5.74) is 7.23. The first-order valence-electron chi connectivity index (χ1n) is 14.0. The molecule has 1 aliphatic rings. The second-order valence-corrected chi connectivity index (χ2v) is 11.6. The third-order valence-electron chi connectivity index (χ3n) is 6.51. The Morgan fingerprint density at radius 3 is 2.23 bits per heavy atom. The lowest BCUT2D eigenvalue weighted by molar-refractivity contribution is -0.128. The molecule has 0 saturated heterocycles. The fourth-order valence-electron chi connectivity index (χ4n) is 4.36. The second kappa shape index (κ2) is 15.4. The fraction of sp³-hybridized carbons (Fsp3) is 0.567. The Labute approximate surface area is 237 Å². The minimum Gasteiger partial charge on any atom is -0.444 e. The van der Waals surface area contributed by atoms with Gasteiger partial charge in [0.05, 0.1) is 0 Å². The van der Waals surface area contributed by atoms with Gasteiger partial charge in [0.1, 0.15) is 23.5 Å². The minimum atomic E-state index is -0.859. The number of amides is 3. The molecule has 1 aliphatic carbocycles. The molecular weight excluding hydrogens is 513 g/mol. The first-order valence-corrected chi connectivity index (χ1v) is 14.0. The molecule has 40 heavy (non-hydrogen) atoms. The number of halogens is 1. The highest BCUT2D eigenvalue weighted by molar-refractivity contribution is 5.98. The molecule has 6 N–H and O–H groups in total. The number of alkyl carbamates (subject to hydrolysis) is 1. The van der Waals surface area contributed by atoms with Crippen LogP contribution in [0.4, 0.5) is 14.9 Å². The van der Waals surface area contributed by atoms with Crippen LogP contribution in [0.3, 0.4) is 0 Å². The smallest absolute Gasteiger partial charge is 0.408 e. The van der Waals surface area contributed by atoms with Gasteiger partial charge in [0.2, 0.25) is 11.8 Å². The van der Waals surface area contributed by atoms with E-state index in [2.05, 4.69) is 21.3 Å². The average molecular weight is 560 g/mol. The molecule has 1 saturated carbocycles. The molecule has 1 fully saturated rings. The molecular formula is C30H46FN5O4. The molecule has 0 aromatic heterocycles. The Balaban J connectivity index is 1.91. The summed E-state index contributed by atoms with van der Waals surface area (Å²) in [6.07, 6.45) is 7.11. The zero-order valence-corrected chi connectivity index (χ0v) is 24.6. The van der Waals surface area contributed by atoms with Gasteiger partial charge in [-0.15, -0.1) is 0 Å². The van der Waals surface area contributed by atoms with Crippen molar-refractivity contribution in [3.8, 4) is 0 Å². The predicted molar refractivity (Wildman–Crippen MR) is 156 cm³/mol. The Bertz CT molecular complexity index is 1060. The van der Waals surface area contributed by atoms with E-state index in [1.807, 2.05) is 18.3 Å². The number of carbonyl (C=O) groups excluding carboxylic acids is 3. The quantitative estimate of drug-likeness (QED) is 0.237. The van der Waals surface area contributed by atoms with Crippen LogP contribution >= 0.6 is 0 Å². The third-order valence-corrected chi connectivity index (χ3v) is 6.51. The third kappa shape index (κ3) is 11.4. The van der Waals surface area contributed by atoms with Crippen LogP contribution in [-0.2, 0) is 20.9 Å². The van der Waals surface area contributed by atoms with E-state index < -0.39 is 35.6 Å². The van der Waals surface area contributed by atoms with Gasteiger partial charge in [0.15, 0.2) is 0 Å². The van der Waals surface area contributed by atoms with Gasteiger partial charge in [-0.3, -0.25) is 9.59 Å². The molecule has 0 radical (unpaired) electrons. The molecule has 0 spiro atoms. The molecule has 0 aliphatic heterocycles. The van der Waals surface area contributed by atoms with Crippen molar-refractivity contribution >= 4 is 23.6 Å².